The molecule has 3 aliphatic carbocycles. The summed E-state index contributed by atoms with van der Waals surface area (Å²) in [5.41, 5.74) is -0.677. The van der Waals surface area contributed by atoms with Gasteiger partial charge in [0.1, 0.15) is 11.5 Å². The van der Waals surface area contributed by atoms with Crippen LogP contribution in [0.3, 0.4) is 0 Å². The fourth-order valence-corrected chi connectivity index (χ4v) is 8.72. The second-order valence-electron chi connectivity index (χ2n) is 11.7. The van der Waals surface area contributed by atoms with Crippen LogP contribution in [0.2, 0.25) is 0 Å². The molecule has 0 amide bonds. The third-order valence-corrected chi connectivity index (χ3v) is 10.2. The fraction of sp³-hybridized carbons (Fsp3) is 0.731. The van der Waals surface area contributed by atoms with Crippen molar-refractivity contribution in [3.8, 4) is 11.5 Å². The van der Waals surface area contributed by atoms with E-state index in [1.54, 1.807) is 6.07 Å². The molecule has 3 unspecified atom stereocenters. The Kier molecular flexibility index (Phi) is 4.52. The SMILES string of the molecule is C[C@@]12CCC3[C@]4(CCC[C@]3(C)C(=O)OC4)C1CC[C@](C)(O)C2Cc1cc(O)ccc1O. The van der Waals surface area contributed by atoms with Crippen molar-refractivity contribution in [3.63, 3.8) is 0 Å². The number of aromatic hydroxyl groups is 2. The standard InChI is InChI=1S/C26H36O5/c1-23-11-7-20-24(2)9-4-10-26(20,15-31-22(24)29)19(23)8-12-25(3,30)21(23)14-16-13-17(27)5-6-18(16)28/h5-6,13,19-21,27-28,30H,4,7-12,14-15H2,1-3H3/t19?,20?,21?,23-,24+,25+,26+/m1/s1. The Balaban J connectivity index is 1.56. The molecule has 2 bridgehead atoms. The van der Waals surface area contributed by atoms with Crippen molar-refractivity contribution in [1.29, 1.82) is 0 Å². The molecule has 1 aliphatic heterocycles. The summed E-state index contributed by atoms with van der Waals surface area (Å²) >= 11 is 0. The number of hydrogen-bond donors (Lipinski definition) is 3. The largest absolute Gasteiger partial charge is 0.508 e. The molecule has 0 aromatic heterocycles. The molecule has 1 heterocycles. The first kappa shape index (κ1) is 21.1. The maximum absolute atomic E-state index is 12.8. The number of benzene rings is 1. The molecule has 1 saturated heterocycles. The van der Waals surface area contributed by atoms with E-state index in [2.05, 4.69) is 13.8 Å². The lowest BCUT2D eigenvalue weighted by molar-refractivity contribution is -0.256. The van der Waals surface area contributed by atoms with E-state index < -0.39 is 5.60 Å². The molecule has 1 aromatic carbocycles. The molecule has 170 valence electrons. The maximum Gasteiger partial charge on any atom is 0.312 e. The van der Waals surface area contributed by atoms with Gasteiger partial charge in [-0.25, -0.2) is 0 Å². The van der Waals surface area contributed by atoms with Crippen molar-refractivity contribution >= 4 is 5.97 Å². The predicted molar refractivity (Wildman–Crippen MR) is 116 cm³/mol. The molecular weight excluding hydrogens is 392 g/mol. The lowest BCUT2D eigenvalue weighted by atomic mass is 9.37. The smallest absolute Gasteiger partial charge is 0.312 e. The number of carbonyl (C=O) groups is 1. The van der Waals surface area contributed by atoms with Gasteiger partial charge in [-0.15, -0.1) is 0 Å². The first-order valence-electron chi connectivity index (χ1n) is 11.9. The lowest BCUT2D eigenvalue weighted by Gasteiger charge is -2.69. The second kappa shape index (κ2) is 6.63. The van der Waals surface area contributed by atoms with Crippen molar-refractivity contribution < 1.29 is 24.9 Å². The predicted octanol–water partition coefficient (Wildman–Crippen LogP) is 4.57. The van der Waals surface area contributed by atoms with Crippen LogP contribution in [-0.2, 0) is 16.0 Å². The van der Waals surface area contributed by atoms with Crippen LogP contribution in [0.15, 0.2) is 18.2 Å². The monoisotopic (exact) mass is 428 g/mol. The number of carbonyl (C=O) groups excluding carboxylic acids is 1. The molecule has 5 heteroatoms. The normalized spacial score (nSPS) is 46.6. The van der Waals surface area contributed by atoms with Crippen LogP contribution in [0.5, 0.6) is 11.5 Å². The number of esters is 1. The molecule has 31 heavy (non-hydrogen) atoms. The van der Waals surface area contributed by atoms with E-state index in [4.69, 9.17) is 4.74 Å². The topological polar surface area (TPSA) is 87.0 Å². The number of aliphatic hydroxyl groups is 1. The minimum absolute atomic E-state index is 0.0104. The summed E-state index contributed by atoms with van der Waals surface area (Å²) in [5.74, 6) is 0.965. The first-order chi connectivity index (χ1) is 14.5. The van der Waals surface area contributed by atoms with Gasteiger partial charge in [-0.05, 0) is 106 Å². The quantitative estimate of drug-likeness (QED) is 0.475. The number of cyclic esters (lactones) is 1. The summed E-state index contributed by atoms with van der Waals surface area (Å²) in [7, 11) is 0. The van der Waals surface area contributed by atoms with Crippen molar-refractivity contribution in [2.24, 2.45) is 34.0 Å². The summed E-state index contributed by atoms with van der Waals surface area (Å²) in [6, 6.07) is 4.65. The van der Waals surface area contributed by atoms with Crippen LogP contribution < -0.4 is 0 Å². The fourth-order valence-electron chi connectivity index (χ4n) is 8.72. The highest BCUT2D eigenvalue weighted by atomic mass is 16.5. The molecule has 0 spiro atoms. The first-order valence-corrected chi connectivity index (χ1v) is 11.9. The number of rotatable bonds is 2. The lowest BCUT2D eigenvalue weighted by Crippen LogP contribution is -2.68. The Morgan fingerprint density at radius 1 is 1.03 bits per heavy atom. The molecule has 1 aromatic rings. The van der Waals surface area contributed by atoms with Crippen molar-refractivity contribution in [2.75, 3.05) is 6.61 Å². The summed E-state index contributed by atoms with van der Waals surface area (Å²) < 4.78 is 5.87. The van der Waals surface area contributed by atoms with Gasteiger partial charge in [0.2, 0.25) is 0 Å². The average molecular weight is 429 g/mol. The van der Waals surface area contributed by atoms with E-state index in [1.165, 1.54) is 12.1 Å². The van der Waals surface area contributed by atoms with Crippen molar-refractivity contribution in [3.05, 3.63) is 23.8 Å². The van der Waals surface area contributed by atoms with Gasteiger partial charge in [-0.3, -0.25) is 4.79 Å². The summed E-state index contributed by atoms with van der Waals surface area (Å²) in [6.07, 6.45) is 7.19. The molecule has 0 radical (unpaired) electrons. The molecule has 3 N–H and O–H groups in total. The average Bonchev–Trinajstić information content (AvgIpc) is 2.70. The van der Waals surface area contributed by atoms with Gasteiger partial charge in [0.15, 0.2) is 0 Å². The molecule has 4 aliphatic rings. The zero-order valence-corrected chi connectivity index (χ0v) is 19.0. The highest BCUT2D eigenvalue weighted by Gasteiger charge is 2.69. The maximum atomic E-state index is 12.8. The van der Waals surface area contributed by atoms with Crippen LogP contribution in [-0.4, -0.2) is 33.5 Å². The third-order valence-electron chi connectivity index (χ3n) is 10.2. The molecule has 7 atom stereocenters. The van der Waals surface area contributed by atoms with Crippen LogP contribution in [0, 0.1) is 34.0 Å². The number of phenolic OH excluding ortho intramolecular Hbond substituents is 2. The zero-order valence-electron chi connectivity index (χ0n) is 19.0. The van der Waals surface area contributed by atoms with Crippen molar-refractivity contribution in [1.82, 2.24) is 0 Å². The molecule has 4 fully saturated rings. The molecule has 5 nitrogen and oxygen atoms in total. The Bertz CT molecular complexity index is 909. The highest BCUT2D eigenvalue weighted by molar-refractivity contribution is 5.78. The van der Waals surface area contributed by atoms with E-state index >= 15 is 0 Å². The second-order valence-corrected chi connectivity index (χ2v) is 11.7. The number of phenols is 2. The molecule has 5 rings (SSSR count). The number of hydrogen-bond acceptors (Lipinski definition) is 5. The number of fused-ring (bicyclic) bond motifs is 1. The Hall–Kier alpha value is -1.75. The minimum atomic E-state index is -0.851. The zero-order chi connectivity index (χ0) is 22.2. The minimum Gasteiger partial charge on any atom is -0.508 e. The molecular formula is C26H36O5. The van der Waals surface area contributed by atoms with Gasteiger partial charge in [0.05, 0.1) is 17.6 Å². The summed E-state index contributed by atoms with van der Waals surface area (Å²) in [6.45, 7) is 6.90. The van der Waals surface area contributed by atoms with Gasteiger partial charge < -0.3 is 20.1 Å². The van der Waals surface area contributed by atoms with Crippen LogP contribution in [0.25, 0.3) is 0 Å². The van der Waals surface area contributed by atoms with E-state index in [1.807, 2.05) is 6.92 Å². The highest BCUT2D eigenvalue weighted by Crippen LogP contribution is 2.71. The van der Waals surface area contributed by atoms with E-state index in [0.29, 0.717) is 36.8 Å². The summed E-state index contributed by atoms with van der Waals surface area (Å²) in [5, 5.41) is 32.0. The Morgan fingerprint density at radius 3 is 2.55 bits per heavy atom. The van der Waals surface area contributed by atoms with E-state index in [0.717, 1.165) is 38.5 Å². The van der Waals surface area contributed by atoms with Crippen molar-refractivity contribution in [2.45, 2.75) is 77.7 Å². The van der Waals surface area contributed by atoms with Gasteiger partial charge >= 0.3 is 5.97 Å². The third kappa shape index (κ3) is 2.81. The van der Waals surface area contributed by atoms with Crippen LogP contribution in [0.4, 0.5) is 0 Å². The van der Waals surface area contributed by atoms with Crippen LogP contribution >= 0.6 is 0 Å². The van der Waals surface area contributed by atoms with E-state index in [9.17, 15) is 20.1 Å². The number of ether oxygens (including phenoxy) is 1. The van der Waals surface area contributed by atoms with Gasteiger partial charge in [-0.2, -0.15) is 0 Å². The van der Waals surface area contributed by atoms with Gasteiger partial charge in [-0.1, -0.05) is 13.3 Å². The van der Waals surface area contributed by atoms with Gasteiger partial charge in [0.25, 0.3) is 0 Å². The Morgan fingerprint density at radius 2 is 1.77 bits per heavy atom. The van der Waals surface area contributed by atoms with Gasteiger partial charge in [0, 0.05) is 5.41 Å². The Labute approximate surface area is 184 Å². The molecule has 3 saturated carbocycles. The van der Waals surface area contributed by atoms with E-state index in [-0.39, 0.29) is 39.6 Å². The van der Waals surface area contributed by atoms with Crippen LogP contribution in [0.1, 0.15) is 71.3 Å². The summed E-state index contributed by atoms with van der Waals surface area (Å²) in [4.78, 5) is 12.8.